The molecule has 0 amide bonds. The van der Waals surface area contributed by atoms with Gasteiger partial charge in [-0.2, -0.15) is 13.2 Å². The van der Waals surface area contributed by atoms with Crippen LogP contribution >= 0.6 is 0 Å². The standard InChI is InChI=1S/C13H12F3N3/c14-13(15,16)9-3-1-8(2-4-9)11-12-10(5-6-17-11)18-7-19-12/h1-4,7,11,17H,5-6H2,(H,18,19). The number of benzene rings is 1. The lowest BCUT2D eigenvalue weighted by Gasteiger charge is -2.23. The van der Waals surface area contributed by atoms with Crippen LogP contribution in [0.15, 0.2) is 30.6 Å². The molecule has 0 fully saturated rings. The minimum Gasteiger partial charge on any atom is -0.348 e. The van der Waals surface area contributed by atoms with Gasteiger partial charge in [-0.1, -0.05) is 12.1 Å². The highest BCUT2D eigenvalue weighted by molar-refractivity contribution is 5.34. The SMILES string of the molecule is FC(F)(F)c1ccc(C2NCCc3[nH]cnc32)cc1. The Balaban J connectivity index is 1.93. The van der Waals surface area contributed by atoms with E-state index in [9.17, 15) is 13.2 Å². The summed E-state index contributed by atoms with van der Waals surface area (Å²) >= 11 is 0. The number of nitrogens with one attached hydrogen (secondary N) is 2. The zero-order valence-corrected chi connectivity index (χ0v) is 9.96. The Morgan fingerprint density at radius 3 is 2.58 bits per heavy atom. The quantitative estimate of drug-likeness (QED) is 0.834. The number of rotatable bonds is 1. The molecule has 100 valence electrons. The minimum atomic E-state index is -4.30. The van der Waals surface area contributed by atoms with E-state index >= 15 is 0 Å². The molecule has 1 aromatic heterocycles. The van der Waals surface area contributed by atoms with Crippen molar-refractivity contribution in [1.82, 2.24) is 15.3 Å². The number of halogens is 3. The van der Waals surface area contributed by atoms with Gasteiger partial charge in [0.1, 0.15) is 0 Å². The van der Waals surface area contributed by atoms with Gasteiger partial charge < -0.3 is 10.3 Å². The molecule has 0 saturated carbocycles. The third-order valence-electron chi connectivity index (χ3n) is 3.32. The van der Waals surface area contributed by atoms with Gasteiger partial charge in [-0.05, 0) is 17.7 Å². The summed E-state index contributed by atoms with van der Waals surface area (Å²) in [7, 11) is 0. The molecular formula is C13H12F3N3. The maximum absolute atomic E-state index is 12.5. The molecule has 0 saturated heterocycles. The van der Waals surface area contributed by atoms with Crippen molar-refractivity contribution in [3.63, 3.8) is 0 Å². The first-order chi connectivity index (χ1) is 9.05. The van der Waals surface area contributed by atoms with Gasteiger partial charge in [-0.15, -0.1) is 0 Å². The van der Waals surface area contributed by atoms with Crippen molar-refractivity contribution >= 4 is 0 Å². The molecule has 19 heavy (non-hydrogen) atoms. The van der Waals surface area contributed by atoms with Gasteiger partial charge in [0.15, 0.2) is 0 Å². The van der Waals surface area contributed by atoms with Gasteiger partial charge in [-0.25, -0.2) is 4.98 Å². The second kappa shape index (κ2) is 4.38. The molecule has 2 N–H and O–H groups in total. The minimum absolute atomic E-state index is 0.141. The van der Waals surface area contributed by atoms with Gasteiger partial charge in [0, 0.05) is 18.7 Å². The highest BCUT2D eigenvalue weighted by Crippen LogP contribution is 2.31. The van der Waals surface area contributed by atoms with Gasteiger partial charge >= 0.3 is 6.18 Å². The number of fused-ring (bicyclic) bond motifs is 1. The normalized spacial score (nSPS) is 19.2. The number of aromatic nitrogens is 2. The van der Waals surface area contributed by atoms with E-state index in [1.165, 1.54) is 12.1 Å². The topological polar surface area (TPSA) is 40.7 Å². The van der Waals surface area contributed by atoms with Gasteiger partial charge in [0.05, 0.1) is 23.6 Å². The first-order valence-corrected chi connectivity index (χ1v) is 5.98. The van der Waals surface area contributed by atoms with E-state index in [1.807, 2.05) is 0 Å². The molecule has 2 heterocycles. The van der Waals surface area contributed by atoms with E-state index in [4.69, 9.17) is 0 Å². The lowest BCUT2D eigenvalue weighted by molar-refractivity contribution is -0.137. The van der Waals surface area contributed by atoms with E-state index in [1.54, 1.807) is 6.33 Å². The second-order valence-corrected chi connectivity index (χ2v) is 4.52. The Morgan fingerprint density at radius 2 is 1.89 bits per heavy atom. The Labute approximate surface area is 107 Å². The van der Waals surface area contributed by atoms with Crippen LogP contribution in [0.5, 0.6) is 0 Å². The van der Waals surface area contributed by atoms with Crippen molar-refractivity contribution in [1.29, 1.82) is 0 Å². The van der Waals surface area contributed by atoms with E-state index < -0.39 is 11.7 Å². The zero-order valence-electron chi connectivity index (χ0n) is 9.96. The van der Waals surface area contributed by atoms with Gasteiger partial charge in [0.25, 0.3) is 0 Å². The molecule has 6 heteroatoms. The summed E-state index contributed by atoms with van der Waals surface area (Å²) in [5.74, 6) is 0. The Hall–Kier alpha value is -1.82. The number of alkyl halides is 3. The van der Waals surface area contributed by atoms with Crippen molar-refractivity contribution in [2.75, 3.05) is 6.54 Å². The van der Waals surface area contributed by atoms with Crippen molar-refractivity contribution in [2.24, 2.45) is 0 Å². The van der Waals surface area contributed by atoms with Gasteiger partial charge in [-0.3, -0.25) is 0 Å². The molecule has 0 radical (unpaired) electrons. The van der Waals surface area contributed by atoms with Crippen molar-refractivity contribution in [3.05, 3.63) is 53.1 Å². The van der Waals surface area contributed by atoms with Crippen molar-refractivity contribution < 1.29 is 13.2 Å². The van der Waals surface area contributed by atoms with Gasteiger partial charge in [0.2, 0.25) is 0 Å². The molecule has 0 spiro atoms. The number of H-pyrrole nitrogens is 1. The number of hydrogen-bond acceptors (Lipinski definition) is 2. The molecular weight excluding hydrogens is 255 g/mol. The molecule has 1 atom stereocenters. The maximum Gasteiger partial charge on any atom is 0.416 e. The first kappa shape index (κ1) is 12.2. The highest BCUT2D eigenvalue weighted by Gasteiger charge is 2.31. The summed E-state index contributed by atoms with van der Waals surface area (Å²) < 4.78 is 37.6. The molecule has 1 aliphatic heterocycles. The fraction of sp³-hybridized carbons (Fsp3) is 0.308. The fourth-order valence-electron chi connectivity index (χ4n) is 2.36. The predicted octanol–water partition coefficient (Wildman–Crippen LogP) is 2.66. The summed E-state index contributed by atoms with van der Waals surface area (Å²) in [5, 5.41) is 3.27. The van der Waals surface area contributed by atoms with Crippen molar-refractivity contribution in [3.8, 4) is 0 Å². The monoisotopic (exact) mass is 267 g/mol. The molecule has 3 rings (SSSR count). The molecule has 1 aromatic carbocycles. The Kier molecular flexibility index (Phi) is 2.82. The number of hydrogen-bond donors (Lipinski definition) is 2. The number of imidazole rings is 1. The lowest BCUT2D eigenvalue weighted by atomic mass is 9.97. The van der Waals surface area contributed by atoms with Crippen LogP contribution in [0.1, 0.15) is 28.6 Å². The van der Waals surface area contributed by atoms with Crippen LogP contribution in [0.2, 0.25) is 0 Å². The fourth-order valence-corrected chi connectivity index (χ4v) is 2.36. The number of nitrogens with zero attached hydrogens (tertiary/aromatic N) is 1. The van der Waals surface area contributed by atoms with E-state index in [2.05, 4.69) is 15.3 Å². The summed E-state index contributed by atoms with van der Waals surface area (Å²) in [6, 6.07) is 5.09. The largest absolute Gasteiger partial charge is 0.416 e. The summed E-state index contributed by atoms with van der Waals surface area (Å²) in [4.78, 5) is 7.31. The van der Waals surface area contributed by atoms with Crippen LogP contribution in [-0.4, -0.2) is 16.5 Å². The van der Waals surface area contributed by atoms with E-state index in [0.717, 1.165) is 42.0 Å². The third-order valence-corrected chi connectivity index (χ3v) is 3.32. The van der Waals surface area contributed by atoms with E-state index in [0.29, 0.717) is 0 Å². The molecule has 3 nitrogen and oxygen atoms in total. The van der Waals surface area contributed by atoms with Crippen LogP contribution in [0.4, 0.5) is 13.2 Å². The van der Waals surface area contributed by atoms with Crippen LogP contribution in [0, 0.1) is 0 Å². The molecule has 0 aliphatic carbocycles. The summed E-state index contributed by atoms with van der Waals surface area (Å²) in [6.07, 6.45) is -1.82. The van der Waals surface area contributed by atoms with Crippen LogP contribution < -0.4 is 5.32 Å². The molecule has 1 unspecified atom stereocenters. The maximum atomic E-state index is 12.5. The van der Waals surface area contributed by atoms with Crippen LogP contribution in [0.25, 0.3) is 0 Å². The Bertz CT molecular complexity index is 572. The lowest BCUT2D eigenvalue weighted by Crippen LogP contribution is -2.30. The second-order valence-electron chi connectivity index (χ2n) is 4.52. The average Bonchev–Trinajstić information content (AvgIpc) is 2.86. The smallest absolute Gasteiger partial charge is 0.348 e. The molecule has 1 aliphatic rings. The summed E-state index contributed by atoms with van der Waals surface area (Å²) in [6.45, 7) is 0.779. The third kappa shape index (κ3) is 2.23. The Morgan fingerprint density at radius 1 is 1.16 bits per heavy atom. The zero-order chi connectivity index (χ0) is 13.5. The van der Waals surface area contributed by atoms with Crippen molar-refractivity contribution in [2.45, 2.75) is 18.6 Å². The average molecular weight is 267 g/mol. The highest BCUT2D eigenvalue weighted by atomic mass is 19.4. The predicted molar refractivity (Wildman–Crippen MR) is 63.6 cm³/mol. The molecule has 0 bridgehead atoms. The van der Waals surface area contributed by atoms with E-state index in [-0.39, 0.29) is 6.04 Å². The van der Waals surface area contributed by atoms with Crippen LogP contribution in [-0.2, 0) is 12.6 Å². The molecule has 2 aromatic rings. The van der Waals surface area contributed by atoms with Crippen LogP contribution in [0.3, 0.4) is 0 Å². The number of aromatic amines is 1. The summed E-state index contributed by atoms with van der Waals surface area (Å²) in [5.41, 5.74) is 2.07. The first-order valence-electron chi connectivity index (χ1n) is 5.98.